The highest BCUT2D eigenvalue weighted by atomic mass is 32.1. The summed E-state index contributed by atoms with van der Waals surface area (Å²) < 4.78 is 4.64. The van der Waals surface area contributed by atoms with E-state index in [9.17, 15) is 10.5 Å². The summed E-state index contributed by atoms with van der Waals surface area (Å²) in [6.45, 7) is 0. The van der Waals surface area contributed by atoms with Crippen molar-refractivity contribution in [2.45, 2.75) is 0 Å². The highest BCUT2D eigenvalue weighted by Gasteiger charge is 2.16. The number of nitriles is 2. The summed E-state index contributed by atoms with van der Waals surface area (Å²) >= 11 is 6.57. The summed E-state index contributed by atoms with van der Waals surface area (Å²) in [5.74, 6) is 0. The number of hydrogen-bond donors (Lipinski definition) is 0. The van der Waals surface area contributed by atoms with Gasteiger partial charge in [-0.15, -0.1) is 45.3 Å². The summed E-state index contributed by atoms with van der Waals surface area (Å²) in [7, 11) is 2.07. The molecule has 0 amide bonds. The molecule has 0 saturated heterocycles. The summed E-state index contributed by atoms with van der Waals surface area (Å²) in [5.41, 5.74) is 3.73. The predicted molar refractivity (Wildman–Crippen MR) is 132 cm³/mol. The summed E-state index contributed by atoms with van der Waals surface area (Å²) in [5, 5.41) is 23.1. The molecule has 0 radical (unpaired) electrons. The quantitative estimate of drug-likeness (QED) is 0.258. The van der Waals surface area contributed by atoms with Crippen LogP contribution in [0.2, 0.25) is 0 Å². The van der Waals surface area contributed by atoms with E-state index in [1.807, 2.05) is 47.2 Å². The van der Waals surface area contributed by atoms with Crippen LogP contribution in [0.25, 0.3) is 43.7 Å². The van der Waals surface area contributed by atoms with E-state index < -0.39 is 0 Å². The summed E-state index contributed by atoms with van der Waals surface area (Å²) in [6.07, 6.45) is 3.95. The minimum Gasteiger partial charge on any atom is -0.342 e. The first-order valence-electron chi connectivity index (χ1n) is 9.01. The zero-order valence-electron chi connectivity index (χ0n) is 15.7. The third-order valence-electron chi connectivity index (χ3n) is 4.78. The van der Waals surface area contributed by atoms with E-state index in [0.29, 0.717) is 11.1 Å². The van der Waals surface area contributed by atoms with E-state index in [1.54, 1.807) is 45.3 Å². The van der Waals surface area contributed by atoms with E-state index in [2.05, 4.69) is 35.9 Å². The lowest BCUT2D eigenvalue weighted by Gasteiger charge is -1.94. The molecule has 0 N–H and O–H groups in total. The second-order valence-corrected chi connectivity index (χ2v) is 10.6. The van der Waals surface area contributed by atoms with Crippen molar-refractivity contribution in [3.05, 3.63) is 66.7 Å². The maximum absolute atomic E-state index is 9.56. The van der Waals surface area contributed by atoms with Gasteiger partial charge in [0.1, 0.15) is 12.1 Å². The Balaban J connectivity index is 1.60. The number of rotatable bonds is 4. The fourth-order valence-corrected chi connectivity index (χ4v) is 7.16. The van der Waals surface area contributed by atoms with Crippen LogP contribution in [0.5, 0.6) is 0 Å². The van der Waals surface area contributed by atoms with Gasteiger partial charge in [0.2, 0.25) is 0 Å². The van der Waals surface area contributed by atoms with Crippen molar-refractivity contribution in [3.63, 3.8) is 0 Å². The van der Waals surface area contributed by atoms with Gasteiger partial charge in [0, 0.05) is 26.6 Å². The first-order valence-corrected chi connectivity index (χ1v) is 12.4. The second-order valence-electron chi connectivity index (χ2n) is 6.58. The highest BCUT2D eigenvalue weighted by Crippen LogP contribution is 2.41. The number of hydrogen-bond acceptors (Lipinski definition) is 6. The zero-order valence-corrected chi connectivity index (χ0v) is 19.0. The molecule has 0 bridgehead atoms. The predicted octanol–water partition coefficient (Wildman–Crippen LogP) is 7.71. The van der Waals surface area contributed by atoms with E-state index in [0.717, 1.165) is 19.5 Å². The molecular formula is C23H13N3S4. The normalized spacial score (nSPS) is 12.5. The van der Waals surface area contributed by atoms with Crippen LogP contribution in [0.1, 0.15) is 19.5 Å². The van der Waals surface area contributed by atoms with Crippen LogP contribution in [-0.4, -0.2) is 4.57 Å². The van der Waals surface area contributed by atoms with Crippen molar-refractivity contribution in [2.24, 2.45) is 7.05 Å². The molecule has 0 aliphatic rings. The van der Waals surface area contributed by atoms with Crippen LogP contribution in [0, 0.1) is 22.7 Å². The van der Waals surface area contributed by atoms with Crippen molar-refractivity contribution in [1.29, 1.82) is 10.5 Å². The second kappa shape index (κ2) is 7.71. The third kappa shape index (κ3) is 3.23. The molecule has 7 heteroatoms. The Morgan fingerprint density at radius 1 is 0.833 bits per heavy atom. The lowest BCUT2D eigenvalue weighted by atomic mass is 10.2. The minimum atomic E-state index is 0.692. The molecule has 144 valence electrons. The van der Waals surface area contributed by atoms with Gasteiger partial charge in [-0.3, -0.25) is 0 Å². The van der Waals surface area contributed by atoms with E-state index >= 15 is 0 Å². The fraction of sp³-hybridized carbons (Fsp3) is 0.0435. The van der Waals surface area contributed by atoms with Gasteiger partial charge in [-0.1, -0.05) is 12.1 Å². The molecule has 0 atom stereocenters. The van der Waals surface area contributed by atoms with Gasteiger partial charge in [0.25, 0.3) is 0 Å². The van der Waals surface area contributed by atoms with Crippen molar-refractivity contribution in [3.8, 4) is 12.1 Å². The Labute approximate surface area is 189 Å². The van der Waals surface area contributed by atoms with Crippen molar-refractivity contribution >= 4 is 89.1 Å². The third-order valence-corrected chi connectivity index (χ3v) is 8.89. The summed E-state index contributed by atoms with van der Waals surface area (Å²) in [6, 6.07) is 16.8. The van der Waals surface area contributed by atoms with Crippen LogP contribution in [0.4, 0.5) is 0 Å². The zero-order chi connectivity index (χ0) is 20.7. The minimum absolute atomic E-state index is 0.692. The van der Waals surface area contributed by atoms with E-state index in [1.165, 1.54) is 20.4 Å². The van der Waals surface area contributed by atoms with Gasteiger partial charge in [-0.25, -0.2) is 0 Å². The Morgan fingerprint density at radius 2 is 1.30 bits per heavy atom. The van der Waals surface area contributed by atoms with Gasteiger partial charge in [-0.2, -0.15) is 10.5 Å². The molecule has 0 unspecified atom stereocenters. The highest BCUT2D eigenvalue weighted by molar-refractivity contribution is 7.28. The first-order chi connectivity index (χ1) is 14.7. The Kier molecular flexibility index (Phi) is 4.90. The molecule has 30 heavy (non-hydrogen) atoms. The lowest BCUT2D eigenvalue weighted by Crippen LogP contribution is -1.84. The van der Waals surface area contributed by atoms with Crippen LogP contribution >= 0.6 is 45.3 Å². The lowest BCUT2D eigenvalue weighted by molar-refractivity contribution is 1.02. The number of thiophene rings is 4. The Morgan fingerprint density at radius 3 is 1.67 bits per heavy atom. The first kappa shape index (κ1) is 19.0. The molecule has 0 saturated carbocycles. The van der Waals surface area contributed by atoms with Gasteiger partial charge in [-0.05, 0) is 47.2 Å². The molecule has 0 spiro atoms. The molecule has 5 aromatic heterocycles. The van der Waals surface area contributed by atoms with Gasteiger partial charge < -0.3 is 4.57 Å². The van der Waals surface area contributed by atoms with Crippen molar-refractivity contribution in [2.75, 3.05) is 0 Å². The van der Waals surface area contributed by atoms with Crippen LogP contribution < -0.4 is 0 Å². The number of nitrogens with zero attached hydrogens (tertiary/aromatic N) is 3. The van der Waals surface area contributed by atoms with Gasteiger partial charge >= 0.3 is 0 Å². The van der Waals surface area contributed by atoms with Gasteiger partial charge in [0.05, 0.1) is 31.6 Å². The van der Waals surface area contributed by atoms with Crippen molar-refractivity contribution < 1.29 is 0 Å². The maximum atomic E-state index is 9.56. The SMILES string of the molecule is Cn1c2cc(C=C(C#N)c3cccs3)sc2c2sc(C=C(C#N)c3cccs3)cc21. The number of aryl methyl sites for hydroxylation is 1. The molecule has 5 heterocycles. The van der Waals surface area contributed by atoms with Crippen LogP contribution in [0.15, 0.2) is 47.2 Å². The number of fused-ring (bicyclic) bond motifs is 3. The molecule has 0 aromatic carbocycles. The number of aromatic nitrogens is 1. The topological polar surface area (TPSA) is 52.5 Å². The van der Waals surface area contributed by atoms with Crippen LogP contribution in [0.3, 0.4) is 0 Å². The average Bonchev–Trinajstić information content (AvgIpc) is 3.55. The van der Waals surface area contributed by atoms with E-state index in [4.69, 9.17) is 0 Å². The average molecular weight is 460 g/mol. The van der Waals surface area contributed by atoms with Gasteiger partial charge in [0.15, 0.2) is 0 Å². The molecule has 0 fully saturated rings. The molecule has 0 aliphatic carbocycles. The standard InChI is InChI=1S/C23H13N3S4/c1-26-18-10-16(8-14(12-24)20-4-2-6-27-20)29-22(18)23-19(26)11-17(30-23)9-15(13-25)21-5-3-7-28-21/h2-11H,1H3. The largest absolute Gasteiger partial charge is 0.342 e. The maximum Gasteiger partial charge on any atom is 0.101 e. The smallest absolute Gasteiger partial charge is 0.101 e. The van der Waals surface area contributed by atoms with Crippen LogP contribution in [-0.2, 0) is 7.05 Å². The molecule has 5 aromatic rings. The number of allylic oxidation sites excluding steroid dienone is 2. The summed E-state index contributed by atoms with van der Waals surface area (Å²) in [4.78, 5) is 4.12. The molecule has 3 nitrogen and oxygen atoms in total. The monoisotopic (exact) mass is 459 g/mol. The molecule has 5 rings (SSSR count). The van der Waals surface area contributed by atoms with Crippen molar-refractivity contribution in [1.82, 2.24) is 4.57 Å². The molecular weight excluding hydrogens is 447 g/mol. The fourth-order valence-electron chi connectivity index (χ4n) is 3.36. The Bertz CT molecular complexity index is 1390. The molecule has 0 aliphatic heterocycles. The Hall–Kier alpha value is -2.94. The van der Waals surface area contributed by atoms with E-state index in [-0.39, 0.29) is 0 Å².